The van der Waals surface area contributed by atoms with Crippen molar-refractivity contribution in [3.8, 4) is 11.1 Å². The lowest BCUT2D eigenvalue weighted by atomic mass is 9.98. The summed E-state index contributed by atoms with van der Waals surface area (Å²) in [6.07, 6.45) is 5.19. The number of hydrogen-bond donors (Lipinski definition) is 2. The number of aryl methyl sites for hydroxylation is 1. The van der Waals surface area contributed by atoms with E-state index in [0.29, 0.717) is 19.6 Å². The molecule has 2 aromatic heterocycles. The molecule has 2 N–H and O–H groups in total. The predicted molar refractivity (Wildman–Crippen MR) is 145 cm³/mol. The number of halogens is 1. The maximum absolute atomic E-state index is 4.81. The van der Waals surface area contributed by atoms with Crippen molar-refractivity contribution >= 4 is 41.3 Å². The first-order chi connectivity index (χ1) is 15.7. The number of nitrogens with one attached hydrogen (secondary N) is 2. The Labute approximate surface area is 215 Å². The van der Waals surface area contributed by atoms with Crippen LogP contribution in [-0.2, 0) is 19.6 Å². The molecule has 33 heavy (non-hydrogen) atoms. The van der Waals surface area contributed by atoms with Gasteiger partial charge in [0.25, 0.3) is 0 Å². The van der Waals surface area contributed by atoms with Crippen LogP contribution in [-0.4, -0.2) is 32.3 Å². The lowest BCUT2D eigenvalue weighted by Crippen LogP contribution is -2.36. The van der Waals surface area contributed by atoms with Crippen LogP contribution in [0.2, 0.25) is 0 Å². The highest BCUT2D eigenvalue weighted by Gasteiger charge is 2.07. The molecule has 0 atom stereocenters. The molecule has 4 aromatic rings. The molecule has 0 radical (unpaired) electrons. The third-order valence-electron chi connectivity index (χ3n) is 4.92. The number of aromatic nitrogens is 4. The third kappa shape index (κ3) is 7.10. The smallest absolute Gasteiger partial charge is 0.191 e. The van der Waals surface area contributed by atoms with Gasteiger partial charge in [0.15, 0.2) is 5.96 Å². The second-order valence-electron chi connectivity index (χ2n) is 7.36. The predicted octanol–water partition coefficient (Wildman–Crippen LogP) is 4.63. The largest absolute Gasteiger partial charge is 0.357 e. The average Bonchev–Trinajstić information content (AvgIpc) is 3.48. The molecule has 0 spiro atoms. The van der Waals surface area contributed by atoms with E-state index in [1.165, 1.54) is 27.1 Å². The lowest BCUT2D eigenvalue weighted by molar-refractivity contribution is 0.685. The zero-order chi connectivity index (χ0) is 22.2. The molecular formula is C24H28IN7S. The molecule has 0 aliphatic heterocycles. The van der Waals surface area contributed by atoms with Crippen LogP contribution < -0.4 is 10.6 Å². The van der Waals surface area contributed by atoms with Crippen LogP contribution in [0.15, 0.2) is 72.4 Å². The number of benzene rings is 2. The van der Waals surface area contributed by atoms with Gasteiger partial charge in [0, 0.05) is 17.6 Å². The summed E-state index contributed by atoms with van der Waals surface area (Å²) < 4.78 is 1.82. The summed E-state index contributed by atoms with van der Waals surface area (Å²) in [4.78, 5) is 14.4. The molecule has 4 rings (SSSR count). The fourth-order valence-corrected chi connectivity index (χ4v) is 4.11. The topological polar surface area (TPSA) is 80.0 Å². The van der Waals surface area contributed by atoms with Gasteiger partial charge in [-0.25, -0.2) is 19.6 Å². The normalized spacial score (nSPS) is 11.2. The number of guanidine groups is 1. The monoisotopic (exact) mass is 573 g/mol. The molecule has 0 saturated carbocycles. The number of aliphatic imine (C=N–C) groups is 1. The Hall–Kier alpha value is -2.79. The van der Waals surface area contributed by atoms with Crippen LogP contribution in [0.1, 0.15) is 27.9 Å². The van der Waals surface area contributed by atoms with E-state index in [4.69, 9.17) is 4.99 Å². The van der Waals surface area contributed by atoms with Crippen LogP contribution in [0.25, 0.3) is 11.1 Å². The highest BCUT2D eigenvalue weighted by Crippen LogP contribution is 2.25. The summed E-state index contributed by atoms with van der Waals surface area (Å²) in [6.45, 7) is 6.90. The second-order valence-corrected chi connectivity index (χ2v) is 8.68. The van der Waals surface area contributed by atoms with Gasteiger partial charge >= 0.3 is 0 Å². The molecule has 2 aromatic carbocycles. The van der Waals surface area contributed by atoms with Crippen LogP contribution in [0.4, 0.5) is 0 Å². The summed E-state index contributed by atoms with van der Waals surface area (Å²) in [7, 11) is 0. The Balaban J connectivity index is 0.00000306. The van der Waals surface area contributed by atoms with E-state index in [9.17, 15) is 0 Å². The highest BCUT2D eigenvalue weighted by molar-refractivity contribution is 14.0. The van der Waals surface area contributed by atoms with Gasteiger partial charge < -0.3 is 10.6 Å². The van der Waals surface area contributed by atoms with Crippen molar-refractivity contribution < 1.29 is 0 Å². The summed E-state index contributed by atoms with van der Waals surface area (Å²) in [5, 5.41) is 11.9. The number of thiazole rings is 1. The molecule has 0 aliphatic carbocycles. The van der Waals surface area contributed by atoms with Crippen molar-refractivity contribution in [2.24, 2.45) is 4.99 Å². The van der Waals surface area contributed by atoms with Crippen molar-refractivity contribution in [1.29, 1.82) is 0 Å². The van der Waals surface area contributed by atoms with E-state index >= 15 is 0 Å². The Morgan fingerprint density at radius 1 is 1.09 bits per heavy atom. The first-order valence-electron chi connectivity index (χ1n) is 10.6. The number of rotatable bonds is 8. The van der Waals surface area contributed by atoms with Crippen LogP contribution >= 0.6 is 35.3 Å². The zero-order valence-electron chi connectivity index (χ0n) is 18.7. The molecule has 172 valence electrons. The molecule has 0 aliphatic rings. The molecule has 0 fully saturated rings. The van der Waals surface area contributed by atoms with Crippen LogP contribution in [0.5, 0.6) is 0 Å². The van der Waals surface area contributed by atoms with Gasteiger partial charge in [-0.2, -0.15) is 5.10 Å². The average molecular weight is 574 g/mol. The van der Waals surface area contributed by atoms with E-state index in [1.807, 2.05) is 10.9 Å². The van der Waals surface area contributed by atoms with E-state index in [0.717, 1.165) is 17.5 Å². The van der Waals surface area contributed by atoms with Gasteiger partial charge in [0.05, 0.1) is 19.6 Å². The minimum atomic E-state index is 0. The third-order valence-corrected chi connectivity index (χ3v) is 5.83. The van der Waals surface area contributed by atoms with E-state index < -0.39 is 0 Å². The molecule has 7 nitrogen and oxygen atoms in total. The molecule has 0 saturated heterocycles. The number of nitrogens with zero attached hydrogens (tertiary/aromatic N) is 5. The maximum Gasteiger partial charge on any atom is 0.191 e. The molecule has 2 heterocycles. The van der Waals surface area contributed by atoms with Gasteiger partial charge in [-0.1, -0.05) is 48.5 Å². The van der Waals surface area contributed by atoms with Crippen molar-refractivity contribution in [3.05, 3.63) is 88.4 Å². The van der Waals surface area contributed by atoms with E-state index in [2.05, 4.69) is 88.1 Å². The standard InChI is InChI=1S/C24H27N7S.HI/c1-3-26-24(29-14-23-27-12-18(2)32-23)28-13-21-6-4-5-7-22(21)20-10-8-19(9-11-20)15-31-17-25-16-30-31;/h4-12,16-17H,3,13-15H2,1-2H3,(H2,26,28,29);1H. The minimum Gasteiger partial charge on any atom is -0.357 e. The Morgan fingerprint density at radius 3 is 2.61 bits per heavy atom. The van der Waals surface area contributed by atoms with Gasteiger partial charge in [-0.3, -0.25) is 0 Å². The summed E-state index contributed by atoms with van der Waals surface area (Å²) >= 11 is 1.70. The zero-order valence-corrected chi connectivity index (χ0v) is 21.9. The van der Waals surface area contributed by atoms with Gasteiger partial charge in [-0.15, -0.1) is 35.3 Å². The van der Waals surface area contributed by atoms with Crippen LogP contribution in [0.3, 0.4) is 0 Å². The number of hydrogen-bond acceptors (Lipinski definition) is 5. The molecule has 0 bridgehead atoms. The van der Waals surface area contributed by atoms with Crippen molar-refractivity contribution in [3.63, 3.8) is 0 Å². The molecule has 0 unspecified atom stereocenters. The lowest BCUT2D eigenvalue weighted by Gasteiger charge is -2.12. The Morgan fingerprint density at radius 2 is 1.91 bits per heavy atom. The van der Waals surface area contributed by atoms with Crippen LogP contribution in [0, 0.1) is 6.92 Å². The minimum absolute atomic E-state index is 0. The maximum atomic E-state index is 4.81. The van der Waals surface area contributed by atoms with Gasteiger partial charge in [0.1, 0.15) is 17.7 Å². The summed E-state index contributed by atoms with van der Waals surface area (Å²) in [5.41, 5.74) is 4.73. The molecular weight excluding hydrogens is 545 g/mol. The van der Waals surface area contributed by atoms with E-state index in [-0.39, 0.29) is 24.0 Å². The summed E-state index contributed by atoms with van der Waals surface area (Å²) in [5.74, 6) is 0.790. The molecule has 9 heteroatoms. The fraction of sp³-hybridized carbons (Fsp3) is 0.250. The SMILES string of the molecule is CCNC(=NCc1ccccc1-c1ccc(Cn2cncn2)cc1)NCc1ncc(C)s1.I. The fourth-order valence-electron chi connectivity index (χ4n) is 3.38. The van der Waals surface area contributed by atoms with E-state index in [1.54, 1.807) is 24.0 Å². The first kappa shape index (κ1) is 24.8. The van der Waals surface area contributed by atoms with Gasteiger partial charge in [0.2, 0.25) is 0 Å². The first-order valence-corrected chi connectivity index (χ1v) is 11.5. The van der Waals surface area contributed by atoms with Crippen molar-refractivity contribution in [2.45, 2.75) is 33.5 Å². The Kier molecular flexibility index (Phi) is 9.37. The summed E-state index contributed by atoms with van der Waals surface area (Å²) in [6, 6.07) is 17.0. The molecule has 0 amide bonds. The van der Waals surface area contributed by atoms with Gasteiger partial charge in [-0.05, 0) is 36.1 Å². The highest BCUT2D eigenvalue weighted by atomic mass is 127. The quantitative estimate of drug-likeness (QED) is 0.183. The Bertz CT molecular complexity index is 1150. The van der Waals surface area contributed by atoms with Crippen molar-refractivity contribution in [2.75, 3.05) is 6.54 Å². The van der Waals surface area contributed by atoms with Crippen molar-refractivity contribution in [1.82, 2.24) is 30.4 Å². The second kappa shape index (κ2) is 12.4.